The van der Waals surface area contributed by atoms with Crippen LogP contribution in [0.3, 0.4) is 0 Å². The number of aryl methyl sites for hydroxylation is 3. The molecule has 4 aromatic rings. The van der Waals surface area contributed by atoms with E-state index in [1.54, 1.807) is 0 Å². The van der Waals surface area contributed by atoms with E-state index in [9.17, 15) is 0 Å². The van der Waals surface area contributed by atoms with Gasteiger partial charge < -0.3 is 10.1 Å². The fraction of sp³-hybridized carbons (Fsp3) is 0.185. The number of nitrogens with one attached hydrogen (secondary N) is 1. The lowest BCUT2D eigenvalue weighted by molar-refractivity contribution is 0.304. The Hall–Kier alpha value is -3.26. The van der Waals surface area contributed by atoms with Gasteiger partial charge in [0.2, 0.25) is 0 Å². The molecule has 0 unspecified atom stereocenters. The zero-order valence-electron chi connectivity index (χ0n) is 17.3. The normalized spacial score (nSPS) is 10.9. The average Bonchev–Trinajstić information content (AvgIpc) is 2.73. The molecule has 0 spiro atoms. The molecule has 0 aliphatic rings. The summed E-state index contributed by atoms with van der Waals surface area (Å²) in [4.78, 5) is 0. The van der Waals surface area contributed by atoms with E-state index in [-0.39, 0.29) is 0 Å². The van der Waals surface area contributed by atoms with Gasteiger partial charge in [0.05, 0.1) is 0 Å². The van der Waals surface area contributed by atoms with Crippen LogP contribution in [0, 0.1) is 20.8 Å². The molecule has 0 heterocycles. The van der Waals surface area contributed by atoms with Crippen LogP contribution in [0.15, 0.2) is 78.9 Å². The lowest BCUT2D eigenvalue weighted by Crippen LogP contribution is -2.05. The number of anilines is 1. The SMILES string of the molecule is Cc1ccc(COc2ccc3ccccc3c2CNc2ccc(C)cc2C)cc1. The molecule has 0 aliphatic carbocycles. The highest BCUT2D eigenvalue weighted by molar-refractivity contribution is 5.88. The van der Waals surface area contributed by atoms with Crippen molar-refractivity contribution < 1.29 is 4.74 Å². The van der Waals surface area contributed by atoms with Crippen molar-refractivity contribution in [3.8, 4) is 5.75 Å². The number of ether oxygens (including phenoxy) is 1. The molecular formula is C27H27NO. The lowest BCUT2D eigenvalue weighted by atomic mass is 10.0. The molecule has 0 radical (unpaired) electrons. The van der Waals surface area contributed by atoms with Gasteiger partial charge in [-0.3, -0.25) is 0 Å². The zero-order chi connectivity index (χ0) is 20.2. The highest BCUT2D eigenvalue weighted by atomic mass is 16.5. The number of benzene rings is 4. The molecule has 0 fully saturated rings. The molecule has 4 aromatic carbocycles. The number of hydrogen-bond donors (Lipinski definition) is 1. The maximum Gasteiger partial charge on any atom is 0.125 e. The van der Waals surface area contributed by atoms with E-state index < -0.39 is 0 Å². The molecule has 4 rings (SSSR count). The summed E-state index contributed by atoms with van der Waals surface area (Å²) in [6.07, 6.45) is 0. The van der Waals surface area contributed by atoms with Crippen molar-refractivity contribution in [3.05, 3.63) is 107 Å². The molecule has 0 saturated heterocycles. The van der Waals surface area contributed by atoms with Gasteiger partial charge in [0.15, 0.2) is 0 Å². The molecule has 0 aromatic heterocycles. The van der Waals surface area contributed by atoms with Crippen molar-refractivity contribution in [3.63, 3.8) is 0 Å². The second-order valence-corrected chi connectivity index (χ2v) is 7.71. The Bertz CT molecular complexity index is 1130. The molecule has 146 valence electrons. The first-order valence-electron chi connectivity index (χ1n) is 10.1. The van der Waals surface area contributed by atoms with Crippen molar-refractivity contribution in [2.75, 3.05) is 5.32 Å². The molecule has 0 aliphatic heterocycles. The Kier molecular flexibility index (Phi) is 5.53. The van der Waals surface area contributed by atoms with E-state index in [2.05, 4.69) is 105 Å². The third-order valence-electron chi connectivity index (χ3n) is 5.35. The van der Waals surface area contributed by atoms with Crippen molar-refractivity contribution in [2.24, 2.45) is 0 Å². The minimum absolute atomic E-state index is 0.565. The number of rotatable bonds is 6. The summed E-state index contributed by atoms with van der Waals surface area (Å²) < 4.78 is 6.27. The van der Waals surface area contributed by atoms with Gasteiger partial charge in [0.1, 0.15) is 12.4 Å². The summed E-state index contributed by atoms with van der Waals surface area (Å²) in [5, 5.41) is 6.07. The van der Waals surface area contributed by atoms with Gasteiger partial charge in [0.25, 0.3) is 0 Å². The van der Waals surface area contributed by atoms with E-state index in [1.165, 1.54) is 38.6 Å². The van der Waals surface area contributed by atoms with Crippen LogP contribution in [-0.4, -0.2) is 0 Å². The van der Waals surface area contributed by atoms with Gasteiger partial charge >= 0.3 is 0 Å². The van der Waals surface area contributed by atoms with E-state index >= 15 is 0 Å². The summed E-state index contributed by atoms with van der Waals surface area (Å²) in [6.45, 7) is 7.65. The van der Waals surface area contributed by atoms with E-state index in [0.29, 0.717) is 13.2 Å². The molecule has 2 nitrogen and oxygen atoms in total. The fourth-order valence-corrected chi connectivity index (χ4v) is 3.67. The first-order valence-corrected chi connectivity index (χ1v) is 10.1. The van der Waals surface area contributed by atoms with Crippen LogP contribution in [0.2, 0.25) is 0 Å². The van der Waals surface area contributed by atoms with Crippen LogP contribution >= 0.6 is 0 Å². The Morgan fingerprint density at radius 1 is 0.759 bits per heavy atom. The van der Waals surface area contributed by atoms with Crippen molar-refractivity contribution in [1.29, 1.82) is 0 Å². The van der Waals surface area contributed by atoms with Crippen LogP contribution in [0.25, 0.3) is 10.8 Å². The van der Waals surface area contributed by atoms with Gasteiger partial charge in [-0.2, -0.15) is 0 Å². The van der Waals surface area contributed by atoms with Gasteiger partial charge in [-0.25, -0.2) is 0 Å². The highest BCUT2D eigenvalue weighted by Crippen LogP contribution is 2.30. The van der Waals surface area contributed by atoms with Gasteiger partial charge in [-0.1, -0.05) is 77.9 Å². The second-order valence-electron chi connectivity index (χ2n) is 7.71. The van der Waals surface area contributed by atoms with E-state index in [1.807, 2.05) is 0 Å². The Balaban J connectivity index is 1.62. The smallest absolute Gasteiger partial charge is 0.125 e. The minimum Gasteiger partial charge on any atom is -0.489 e. The molecule has 2 heteroatoms. The molecule has 0 saturated carbocycles. The largest absolute Gasteiger partial charge is 0.489 e. The van der Waals surface area contributed by atoms with E-state index in [0.717, 1.165) is 11.4 Å². The third-order valence-corrected chi connectivity index (χ3v) is 5.35. The molecule has 1 N–H and O–H groups in total. The predicted molar refractivity (Wildman–Crippen MR) is 123 cm³/mol. The third kappa shape index (κ3) is 4.43. The van der Waals surface area contributed by atoms with Crippen molar-refractivity contribution in [2.45, 2.75) is 33.9 Å². The second kappa shape index (κ2) is 8.40. The monoisotopic (exact) mass is 381 g/mol. The minimum atomic E-state index is 0.565. The van der Waals surface area contributed by atoms with Gasteiger partial charge in [-0.15, -0.1) is 0 Å². The average molecular weight is 382 g/mol. The maximum absolute atomic E-state index is 6.27. The van der Waals surface area contributed by atoms with Gasteiger partial charge in [0, 0.05) is 17.8 Å². The Labute approximate surface area is 173 Å². The standard InChI is InChI=1S/C27H27NO/c1-19-8-11-22(12-9-19)18-29-27-15-13-23-6-4-5-7-24(23)25(27)17-28-26-14-10-20(2)16-21(26)3/h4-16,28H,17-18H2,1-3H3. The van der Waals surface area contributed by atoms with Crippen LogP contribution < -0.4 is 10.1 Å². The number of hydrogen-bond acceptors (Lipinski definition) is 2. The molecule has 0 bridgehead atoms. The summed E-state index contributed by atoms with van der Waals surface area (Å²) in [5.41, 5.74) is 7.32. The fourth-order valence-electron chi connectivity index (χ4n) is 3.67. The summed E-state index contributed by atoms with van der Waals surface area (Å²) in [7, 11) is 0. The summed E-state index contributed by atoms with van der Waals surface area (Å²) in [5.74, 6) is 0.932. The Morgan fingerprint density at radius 3 is 2.31 bits per heavy atom. The summed E-state index contributed by atoms with van der Waals surface area (Å²) >= 11 is 0. The van der Waals surface area contributed by atoms with Gasteiger partial charge in [-0.05, 0) is 54.8 Å². The topological polar surface area (TPSA) is 21.3 Å². The van der Waals surface area contributed by atoms with Crippen LogP contribution in [0.1, 0.15) is 27.8 Å². The van der Waals surface area contributed by atoms with Crippen LogP contribution in [0.5, 0.6) is 5.75 Å². The van der Waals surface area contributed by atoms with E-state index in [4.69, 9.17) is 4.74 Å². The first-order chi connectivity index (χ1) is 14.1. The maximum atomic E-state index is 6.27. The van der Waals surface area contributed by atoms with Crippen LogP contribution in [-0.2, 0) is 13.2 Å². The van der Waals surface area contributed by atoms with Crippen molar-refractivity contribution in [1.82, 2.24) is 0 Å². The predicted octanol–water partition coefficient (Wildman–Crippen LogP) is 6.96. The zero-order valence-corrected chi connectivity index (χ0v) is 17.3. The molecule has 29 heavy (non-hydrogen) atoms. The highest BCUT2D eigenvalue weighted by Gasteiger charge is 2.10. The Morgan fingerprint density at radius 2 is 1.52 bits per heavy atom. The van der Waals surface area contributed by atoms with Crippen molar-refractivity contribution >= 4 is 16.5 Å². The lowest BCUT2D eigenvalue weighted by Gasteiger charge is -2.17. The number of fused-ring (bicyclic) bond motifs is 1. The quantitative estimate of drug-likeness (QED) is 0.390. The first kappa shape index (κ1) is 19.1. The molecule has 0 amide bonds. The van der Waals surface area contributed by atoms with Crippen LogP contribution in [0.4, 0.5) is 5.69 Å². The summed E-state index contributed by atoms with van der Waals surface area (Å²) in [6, 6.07) is 27.7. The molecular weight excluding hydrogens is 354 g/mol. The molecule has 0 atom stereocenters.